The molecule has 1 atom stereocenters. The van der Waals surface area contributed by atoms with Crippen LogP contribution < -0.4 is 10.7 Å². The van der Waals surface area contributed by atoms with Crippen LogP contribution in [-0.4, -0.2) is 27.5 Å². The van der Waals surface area contributed by atoms with E-state index in [0.717, 1.165) is 81.5 Å². The first-order valence-electron chi connectivity index (χ1n) is 16.3. The van der Waals surface area contributed by atoms with Gasteiger partial charge in [-0.2, -0.15) is 0 Å². The highest BCUT2D eigenvalue weighted by molar-refractivity contribution is 6.30. The molecule has 0 fully saturated rings. The molecule has 0 radical (unpaired) electrons. The minimum absolute atomic E-state index is 0.0912. The number of amides is 1. The molecule has 45 heavy (non-hydrogen) atoms. The summed E-state index contributed by atoms with van der Waals surface area (Å²) in [5.41, 5.74) is 14.1. The molecule has 6 nitrogen and oxygen atoms in total. The van der Waals surface area contributed by atoms with E-state index in [2.05, 4.69) is 94.6 Å². The number of rotatable bonds is 9. The number of hydrogen-bond donors (Lipinski definition) is 2. The van der Waals surface area contributed by atoms with Crippen molar-refractivity contribution in [3.8, 4) is 0 Å². The maximum absolute atomic E-state index is 12.3. The Kier molecular flexibility index (Phi) is 9.42. The van der Waals surface area contributed by atoms with Crippen molar-refractivity contribution in [3.63, 3.8) is 0 Å². The van der Waals surface area contributed by atoms with Crippen LogP contribution in [0.15, 0.2) is 68.3 Å². The topological polar surface area (TPSA) is 82.6 Å². The minimum atomic E-state index is -0.131. The monoisotopic (exact) mass is 602 g/mol. The van der Waals surface area contributed by atoms with Crippen LogP contribution in [0.4, 0.5) is 0 Å². The Bertz CT molecular complexity index is 1920. The molecule has 2 aromatic heterocycles. The van der Waals surface area contributed by atoms with Crippen molar-refractivity contribution < 1.29 is 9.53 Å². The smallest absolute Gasteiger partial charge is 0.273 e. The van der Waals surface area contributed by atoms with Crippen molar-refractivity contribution >= 4 is 35.7 Å². The van der Waals surface area contributed by atoms with Crippen LogP contribution in [-0.2, 0) is 22.4 Å². The number of carbonyl (C=O) groups is 1. The molecule has 3 aromatic rings. The standard InChI is InChI=1S/C39H46N4O2/c1-10-28-22(5)32(19-36-30(12-3)24(7)38(44)42-36)40-34(28)21-35-29(11-2)23(6)33(41-35)20-37-31(13-4)25(8)39(43-37)45-26(9)27-17-15-14-16-18-27/h14-21,26,40-41H,10-13H2,1-9H3/b32-19+,34-21-,37-20-/t26-/m1/s1. The molecule has 0 bridgehead atoms. The van der Waals surface area contributed by atoms with Gasteiger partial charge >= 0.3 is 0 Å². The third-order valence-electron chi connectivity index (χ3n) is 9.33. The lowest BCUT2D eigenvalue weighted by Gasteiger charge is -2.15. The van der Waals surface area contributed by atoms with Gasteiger partial charge in [-0.3, -0.25) is 4.79 Å². The molecule has 234 valence electrons. The molecular formula is C39H46N4O2. The summed E-state index contributed by atoms with van der Waals surface area (Å²) in [4.78, 5) is 29.0. The Morgan fingerprint density at radius 1 is 0.733 bits per heavy atom. The normalized spacial score (nSPS) is 17.7. The summed E-state index contributed by atoms with van der Waals surface area (Å²) in [5, 5.41) is 2.08. The summed E-state index contributed by atoms with van der Waals surface area (Å²) < 4.78 is 6.38. The van der Waals surface area contributed by atoms with Gasteiger partial charge in [0.25, 0.3) is 5.91 Å². The number of aliphatic imine (C=N–C) groups is 2. The van der Waals surface area contributed by atoms with Gasteiger partial charge in [0.05, 0.1) is 11.4 Å². The predicted molar refractivity (Wildman–Crippen MR) is 187 cm³/mol. The highest BCUT2D eigenvalue weighted by atomic mass is 16.5. The van der Waals surface area contributed by atoms with Gasteiger partial charge in [-0.25, -0.2) is 9.98 Å². The van der Waals surface area contributed by atoms with Crippen LogP contribution >= 0.6 is 0 Å². The molecule has 0 saturated carbocycles. The minimum Gasteiger partial charge on any atom is -0.470 e. The van der Waals surface area contributed by atoms with E-state index >= 15 is 0 Å². The summed E-state index contributed by atoms with van der Waals surface area (Å²) in [6.07, 6.45) is 9.80. The molecule has 4 heterocycles. The van der Waals surface area contributed by atoms with Crippen molar-refractivity contribution in [1.29, 1.82) is 0 Å². The van der Waals surface area contributed by atoms with Crippen molar-refractivity contribution in [3.05, 3.63) is 108 Å². The van der Waals surface area contributed by atoms with Gasteiger partial charge in [-0.05, 0) is 117 Å². The number of carbonyl (C=O) groups excluding carboxylic acids is 1. The summed E-state index contributed by atoms with van der Waals surface area (Å²) in [5.74, 6) is 0.567. The van der Waals surface area contributed by atoms with E-state index in [-0.39, 0.29) is 12.0 Å². The largest absolute Gasteiger partial charge is 0.470 e. The molecule has 6 heteroatoms. The first kappa shape index (κ1) is 32.0. The maximum Gasteiger partial charge on any atom is 0.273 e. The highest BCUT2D eigenvalue weighted by Gasteiger charge is 2.24. The lowest BCUT2D eigenvalue weighted by molar-refractivity contribution is -0.114. The van der Waals surface area contributed by atoms with Crippen LogP contribution in [0.1, 0.15) is 107 Å². The van der Waals surface area contributed by atoms with E-state index in [1.165, 1.54) is 27.8 Å². The number of nitrogens with one attached hydrogen (secondary N) is 2. The predicted octanol–water partition coefficient (Wildman–Crippen LogP) is 7.66. The summed E-state index contributed by atoms with van der Waals surface area (Å²) >= 11 is 0. The lowest BCUT2D eigenvalue weighted by atomic mass is 10.0. The fourth-order valence-corrected chi connectivity index (χ4v) is 6.59. The van der Waals surface area contributed by atoms with E-state index in [4.69, 9.17) is 9.73 Å². The molecule has 0 spiro atoms. The first-order valence-corrected chi connectivity index (χ1v) is 16.3. The van der Waals surface area contributed by atoms with Crippen LogP contribution in [0.5, 0.6) is 0 Å². The van der Waals surface area contributed by atoms with Gasteiger partial charge in [-0.1, -0.05) is 58.0 Å². The zero-order valence-corrected chi connectivity index (χ0v) is 28.2. The molecular weight excluding hydrogens is 556 g/mol. The summed E-state index contributed by atoms with van der Waals surface area (Å²) in [6.45, 7) is 19.0. The van der Waals surface area contributed by atoms with Crippen molar-refractivity contribution in [2.24, 2.45) is 9.98 Å². The Hall–Kier alpha value is -4.45. The van der Waals surface area contributed by atoms with Crippen LogP contribution in [0.25, 0.3) is 18.2 Å². The van der Waals surface area contributed by atoms with Gasteiger partial charge in [-0.15, -0.1) is 0 Å². The molecule has 0 unspecified atom stereocenters. The lowest BCUT2D eigenvalue weighted by Crippen LogP contribution is -2.14. The number of hydrogen-bond acceptors (Lipinski definition) is 3. The van der Waals surface area contributed by atoms with E-state index in [9.17, 15) is 4.79 Å². The number of benzene rings is 1. The van der Waals surface area contributed by atoms with Gasteiger partial charge in [0, 0.05) is 33.2 Å². The maximum atomic E-state index is 12.3. The molecule has 0 saturated heterocycles. The molecule has 2 aliphatic rings. The number of allylic oxidation sites excluding steroid dienone is 2. The fraction of sp³-hybridized carbons (Fsp3) is 0.359. The molecule has 2 N–H and O–H groups in total. The number of aromatic nitrogens is 2. The average molecular weight is 603 g/mol. The second-order valence-electron chi connectivity index (χ2n) is 11.9. The summed E-state index contributed by atoms with van der Waals surface area (Å²) in [6, 6.07) is 10.3. The first-order chi connectivity index (χ1) is 21.6. The van der Waals surface area contributed by atoms with Crippen molar-refractivity contribution in [1.82, 2.24) is 9.97 Å². The number of aromatic amines is 2. The van der Waals surface area contributed by atoms with E-state index in [0.29, 0.717) is 5.90 Å². The molecule has 2 aliphatic heterocycles. The Morgan fingerprint density at radius 3 is 2.07 bits per heavy atom. The Labute approximate surface area is 267 Å². The highest BCUT2D eigenvalue weighted by Crippen LogP contribution is 2.33. The molecule has 1 amide bonds. The van der Waals surface area contributed by atoms with Crippen LogP contribution in [0.3, 0.4) is 0 Å². The van der Waals surface area contributed by atoms with Gasteiger partial charge in [0.15, 0.2) is 0 Å². The second-order valence-corrected chi connectivity index (χ2v) is 11.9. The average Bonchev–Trinajstić information content (AvgIpc) is 3.69. The quantitative estimate of drug-likeness (QED) is 0.264. The molecule has 1 aromatic carbocycles. The number of H-pyrrole nitrogens is 2. The van der Waals surface area contributed by atoms with Crippen molar-refractivity contribution in [2.75, 3.05) is 0 Å². The summed E-state index contributed by atoms with van der Waals surface area (Å²) in [7, 11) is 0. The van der Waals surface area contributed by atoms with E-state index in [1.54, 1.807) is 0 Å². The van der Waals surface area contributed by atoms with Crippen LogP contribution in [0, 0.1) is 13.8 Å². The third-order valence-corrected chi connectivity index (χ3v) is 9.33. The second kappa shape index (κ2) is 13.3. The Balaban J connectivity index is 1.54. The number of ether oxygens (including phenoxy) is 1. The third kappa shape index (κ3) is 6.11. The van der Waals surface area contributed by atoms with E-state index in [1.807, 2.05) is 31.2 Å². The number of nitrogens with zero attached hydrogens (tertiary/aromatic N) is 2. The SMILES string of the molecule is CCC1=C(C)C(=O)N=C1/C=c1/[nH]/c(=C\c2[nH]c(/C=C3\N=C(O[C@H](C)c4ccccc4)C(C)=C3CC)c(C)c2CC)c(CC)c1C. The van der Waals surface area contributed by atoms with Gasteiger partial charge in [0.1, 0.15) is 6.10 Å². The van der Waals surface area contributed by atoms with Gasteiger partial charge < -0.3 is 14.7 Å². The van der Waals surface area contributed by atoms with Crippen LogP contribution in [0.2, 0.25) is 0 Å². The molecule has 0 aliphatic carbocycles. The van der Waals surface area contributed by atoms with E-state index < -0.39 is 0 Å². The fourth-order valence-electron chi connectivity index (χ4n) is 6.59. The van der Waals surface area contributed by atoms with Crippen molar-refractivity contribution in [2.45, 2.75) is 94.1 Å². The Morgan fingerprint density at radius 2 is 1.42 bits per heavy atom. The zero-order valence-electron chi connectivity index (χ0n) is 28.2. The zero-order chi connectivity index (χ0) is 32.4. The molecule has 5 rings (SSSR count). The van der Waals surface area contributed by atoms with Gasteiger partial charge in [0.2, 0.25) is 5.90 Å².